The SMILES string of the molecule is CC(=O)N(CC(=O)NCCc1ccc(Cl)cc1)c1cc(Cl)ccc1C. The quantitative estimate of drug-likeness (QED) is 0.825. The van der Waals surface area contributed by atoms with Crippen molar-refractivity contribution in [2.24, 2.45) is 0 Å². The number of anilines is 1. The van der Waals surface area contributed by atoms with Crippen molar-refractivity contribution in [1.82, 2.24) is 5.32 Å². The van der Waals surface area contributed by atoms with Crippen LogP contribution >= 0.6 is 23.2 Å². The molecule has 0 fully saturated rings. The molecule has 0 unspecified atom stereocenters. The number of aryl methyl sites for hydroxylation is 1. The molecule has 0 radical (unpaired) electrons. The molecule has 0 heterocycles. The van der Waals surface area contributed by atoms with Crippen LogP contribution in [0.15, 0.2) is 42.5 Å². The van der Waals surface area contributed by atoms with E-state index in [-0.39, 0.29) is 18.4 Å². The minimum atomic E-state index is -0.219. The molecule has 0 aliphatic carbocycles. The van der Waals surface area contributed by atoms with Crippen molar-refractivity contribution in [2.45, 2.75) is 20.3 Å². The highest BCUT2D eigenvalue weighted by molar-refractivity contribution is 6.31. The number of rotatable bonds is 6. The van der Waals surface area contributed by atoms with E-state index in [9.17, 15) is 9.59 Å². The minimum absolute atomic E-state index is 0.0445. The Balaban J connectivity index is 1.95. The van der Waals surface area contributed by atoms with Crippen LogP contribution in [-0.2, 0) is 16.0 Å². The molecule has 0 aliphatic rings. The summed E-state index contributed by atoms with van der Waals surface area (Å²) in [6, 6.07) is 12.8. The first kappa shape index (κ1) is 19.3. The molecule has 25 heavy (non-hydrogen) atoms. The van der Waals surface area contributed by atoms with Crippen LogP contribution in [0.2, 0.25) is 10.0 Å². The van der Waals surface area contributed by atoms with Gasteiger partial charge in [0.1, 0.15) is 6.54 Å². The van der Waals surface area contributed by atoms with Gasteiger partial charge in [0, 0.05) is 29.2 Å². The van der Waals surface area contributed by atoms with Gasteiger partial charge in [-0.15, -0.1) is 0 Å². The maximum Gasteiger partial charge on any atom is 0.240 e. The van der Waals surface area contributed by atoms with Crippen molar-refractivity contribution >= 4 is 40.7 Å². The molecule has 0 saturated heterocycles. The van der Waals surface area contributed by atoms with Crippen LogP contribution in [0.3, 0.4) is 0 Å². The zero-order valence-corrected chi connectivity index (χ0v) is 15.7. The Labute approximate surface area is 157 Å². The normalized spacial score (nSPS) is 10.4. The topological polar surface area (TPSA) is 49.4 Å². The largest absolute Gasteiger partial charge is 0.354 e. The van der Waals surface area contributed by atoms with Crippen LogP contribution in [0.5, 0.6) is 0 Å². The number of amides is 2. The Kier molecular flexibility index (Phi) is 6.85. The maximum atomic E-state index is 12.2. The van der Waals surface area contributed by atoms with Crippen molar-refractivity contribution in [2.75, 3.05) is 18.0 Å². The number of carbonyl (C=O) groups excluding carboxylic acids is 2. The van der Waals surface area contributed by atoms with Gasteiger partial charge in [-0.3, -0.25) is 9.59 Å². The average Bonchev–Trinajstić information content (AvgIpc) is 2.56. The molecular formula is C19H20Cl2N2O2. The molecule has 0 bridgehead atoms. The molecule has 2 amide bonds. The third kappa shape index (κ3) is 5.76. The number of benzene rings is 2. The summed E-state index contributed by atoms with van der Waals surface area (Å²) in [5, 5.41) is 4.04. The minimum Gasteiger partial charge on any atom is -0.354 e. The first-order valence-electron chi connectivity index (χ1n) is 7.92. The number of hydrogen-bond donors (Lipinski definition) is 1. The molecule has 0 saturated carbocycles. The Hall–Kier alpha value is -2.04. The van der Waals surface area contributed by atoms with Crippen LogP contribution in [-0.4, -0.2) is 24.9 Å². The molecule has 4 nitrogen and oxygen atoms in total. The molecule has 2 aromatic rings. The van der Waals surface area contributed by atoms with Gasteiger partial charge in [0.2, 0.25) is 11.8 Å². The van der Waals surface area contributed by atoms with Crippen molar-refractivity contribution in [3.8, 4) is 0 Å². The predicted octanol–water partition coefficient (Wildman–Crippen LogP) is 4.01. The van der Waals surface area contributed by atoms with E-state index in [2.05, 4.69) is 5.32 Å². The summed E-state index contributed by atoms with van der Waals surface area (Å²) >= 11 is 11.9. The van der Waals surface area contributed by atoms with Crippen LogP contribution < -0.4 is 10.2 Å². The number of hydrogen-bond acceptors (Lipinski definition) is 2. The van der Waals surface area contributed by atoms with Crippen molar-refractivity contribution < 1.29 is 9.59 Å². The predicted molar refractivity (Wildman–Crippen MR) is 102 cm³/mol. The summed E-state index contributed by atoms with van der Waals surface area (Å²) in [6.45, 7) is 3.75. The van der Waals surface area contributed by atoms with Crippen LogP contribution in [0, 0.1) is 6.92 Å². The van der Waals surface area contributed by atoms with Gasteiger partial charge in [0.15, 0.2) is 0 Å². The maximum absolute atomic E-state index is 12.2. The zero-order valence-electron chi connectivity index (χ0n) is 14.2. The van der Waals surface area contributed by atoms with Crippen molar-refractivity contribution in [3.05, 3.63) is 63.6 Å². The Bertz CT molecular complexity index is 761. The van der Waals surface area contributed by atoms with Gasteiger partial charge in [-0.25, -0.2) is 0 Å². The van der Waals surface area contributed by atoms with Gasteiger partial charge in [-0.1, -0.05) is 41.4 Å². The fourth-order valence-corrected chi connectivity index (χ4v) is 2.73. The standard InChI is InChI=1S/C19H20Cl2N2O2/c1-13-3-6-17(21)11-18(13)23(14(2)24)12-19(25)22-10-9-15-4-7-16(20)8-5-15/h3-8,11H,9-10,12H2,1-2H3,(H,22,25). The first-order chi connectivity index (χ1) is 11.9. The van der Waals surface area contributed by atoms with E-state index in [0.29, 0.717) is 28.7 Å². The first-order valence-corrected chi connectivity index (χ1v) is 8.68. The number of nitrogens with zero attached hydrogens (tertiary/aromatic N) is 1. The van der Waals surface area contributed by atoms with E-state index in [1.807, 2.05) is 37.3 Å². The van der Waals surface area contributed by atoms with E-state index in [1.54, 1.807) is 12.1 Å². The lowest BCUT2D eigenvalue weighted by molar-refractivity contribution is -0.123. The zero-order chi connectivity index (χ0) is 18.4. The lowest BCUT2D eigenvalue weighted by atomic mass is 10.1. The van der Waals surface area contributed by atoms with Gasteiger partial charge in [0.25, 0.3) is 0 Å². The average molecular weight is 379 g/mol. The molecule has 6 heteroatoms. The number of halogens is 2. The van der Waals surface area contributed by atoms with Crippen LogP contribution in [0.1, 0.15) is 18.1 Å². The second kappa shape index (κ2) is 8.88. The smallest absolute Gasteiger partial charge is 0.240 e. The summed E-state index contributed by atoms with van der Waals surface area (Å²) < 4.78 is 0. The third-order valence-electron chi connectivity index (χ3n) is 3.79. The summed E-state index contributed by atoms with van der Waals surface area (Å²) in [5.41, 5.74) is 2.61. The molecule has 0 aromatic heterocycles. The van der Waals surface area contributed by atoms with E-state index in [1.165, 1.54) is 11.8 Å². The second-order valence-electron chi connectivity index (χ2n) is 5.76. The summed E-state index contributed by atoms with van der Waals surface area (Å²) in [7, 11) is 0. The van der Waals surface area contributed by atoms with Crippen LogP contribution in [0.4, 0.5) is 5.69 Å². The monoisotopic (exact) mass is 378 g/mol. The number of carbonyl (C=O) groups is 2. The molecule has 1 N–H and O–H groups in total. The van der Waals surface area contributed by atoms with E-state index in [4.69, 9.17) is 23.2 Å². The second-order valence-corrected chi connectivity index (χ2v) is 6.64. The number of nitrogens with one attached hydrogen (secondary N) is 1. The fourth-order valence-electron chi connectivity index (χ4n) is 2.44. The molecule has 0 atom stereocenters. The molecular weight excluding hydrogens is 359 g/mol. The Morgan fingerprint density at radius 2 is 1.68 bits per heavy atom. The molecule has 0 aliphatic heterocycles. The summed E-state index contributed by atoms with van der Waals surface area (Å²) in [5.74, 6) is -0.429. The molecule has 2 aromatic carbocycles. The lowest BCUT2D eigenvalue weighted by Crippen LogP contribution is -2.40. The van der Waals surface area contributed by atoms with Crippen LogP contribution in [0.25, 0.3) is 0 Å². The van der Waals surface area contributed by atoms with Gasteiger partial charge in [-0.05, 0) is 48.7 Å². The highest BCUT2D eigenvalue weighted by Gasteiger charge is 2.17. The van der Waals surface area contributed by atoms with Crippen molar-refractivity contribution in [3.63, 3.8) is 0 Å². The van der Waals surface area contributed by atoms with E-state index < -0.39 is 0 Å². The highest BCUT2D eigenvalue weighted by atomic mass is 35.5. The van der Waals surface area contributed by atoms with E-state index in [0.717, 1.165) is 11.1 Å². The Morgan fingerprint density at radius 3 is 2.32 bits per heavy atom. The fraction of sp³-hybridized carbons (Fsp3) is 0.263. The van der Waals surface area contributed by atoms with Crippen molar-refractivity contribution in [1.29, 1.82) is 0 Å². The van der Waals surface area contributed by atoms with Gasteiger partial charge in [-0.2, -0.15) is 0 Å². The third-order valence-corrected chi connectivity index (χ3v) is 4.28. The molecule has 0 spiro atoms. The summed E-state index contributed by atoms with van der Waals surface area (Å²) in [6.07, 6.45) is 0.694. The lowest BCUT2D eigenvalue weighted by Gasteiger charge is -2.23. The van der Waals surface area contributed by atoms with E-state index >= 15 is 0 Å². The molecule has 132 valence electrons. The van der Waals surface area contributed by atoms with Gasteiger partial charge < -0.3 is 10.2 Å². The Morgan fingerprint density at radius 1 is 1.04 bits per heavy atom. The van der Waals surface area contributed by atoms with Gasteiger partial charge >= 0.3 is 0 Å². The highest BCUT2D eigenvalue weighted by Crippen LogP contribution is 2.24. The van der Waals surface area contributed by atoms with Gasteiger partial charge in [0.05, 0.1) is 0 Å². The summed E-state index contributed by atoms with van der Waals surface area (Å²) in [4.78, 5) is 25.6. The molecule has 2 rings (SSSR count).